The molecule has 1 aromatic rings. The highest BCUT2D eigenvalue weighted by atomic mass is 16.5. The van der Waals surface area contributed by atoms with Gasteiger partial charge in [-0.3, -0.25) is 9.78 Å². The van der Waals surface area contributed by atoms with Gasteiger partial charge >= 0.3 is 0 Å². The zero-order valence-electron chi connectivity index (χ0n) is 10.9. The van der Waals surface area contributed by atoms with Crippen molar-refractivity contribution in [3.63, 3.8) is 0 Å². The molecular weight excluding hydrogens is 246 g/mol. The maximum absolute atomic E-state index is 12.1. The number of hydrogen-bond acceptors (Lipinski definition) is 5. The first-order valence-electron chi connectivity index (χ1n) is 6.44. The van der Waals surface area contributed by atoms with Crippen LogP contribution in [0.15, 0.2) is 18.6 Å². The number of carbonyl (C=O) groups excluding carboxylic acids is 1. The Morgan fingerprint density at radius 1 is 1.53 bits per heavy atom. The van der Waals surface area contributed by atoms with E-state index in [-0.39, 0.29) is 17.6 Å². The summed E-state index contributed by atoms with van der Waals surface area (Å²) in [7, 11) is 1.73. The fraction of sp³-hybridized carbons (Fsp3) is 0.615. The number of amides is 1. The van der Waals surface area contributed by atoms with E-state index in [1.54, 1.807) is 18.2 Å². The van der Waals surface area contributed by atoms with Crippen molar-refractivity contribution < 1.29 is 14.3 Å². The Morgan fingerprint density at radius 3 is 3.05 bits per heavy atom. The van der Waals surface area contributed by atoms with Gasteiger partial charge in [-0.25, -0.2) is 4.98 Å². The van der Waals surface area contributed by atoms with Crippen LogP contribution in [0, 0.1) is 0 Å². The van der Waals surface area contributed by atoms with E-state index in [0.717, 1.165) is 12.8 Å². The number of aromatic nitrogens is 2. The van der Waals surface area contributed by atoms with Crippen molar-refractivity contribution >= 4 is 5.91 Å². The SMILES string of the molecule is CO[C@@H]1CCOC2(C1)CN(C(=O)c1cnccn1)C2. The average Bonchev–Trinajstić information content (AvgIpc) is 2.45. The lowest BCUT2D eigenvalue weighted by Gasteiger charge is -2.52. The molecule has 6 heteroatoms. The predicted octanol–water partition coefficient (Wildman–Crippen LogP) is 0.497. The van der Waals surface area contributed by atoms with E-state index in [1.807, 2.05) is 0 Å². The number of likely N-dealkylation sites (tertiary alicyclic amines) is 1. The molecule has 0 bridgehead atoms. The van der Waals surface area contributed by atoms with Gasteiger partial charge in [0.2, 0.25) is 0 Å². The van der Waals surface area contributed by atoms with Crippen molar-refractivity contribution in [2.24, 2.45) is 0 Å². The molecule has 2 aliphatic heterocycles. The first kappa shape index (κ1) is 12.5. The third kappa shape index (κ3) is 2.33. The lowest BCUT2D eigenvalue weighted by atomic mass is 9.84. The van der Waals surface area contributed by atoms with Crippen molar-refractivity contribution in [1.82, 2.24) is 14.9 Å². The summed E-state index contributed by atoms with van der Waals surface area (Å²) in [4.78, 5) is 21.8. The second kappa shape index (κ2) is 4.86. The van der Waals surface area contributed by atoms with E-state index in [1.165, 1.54) is 12.4 Å². The smallest absolute Gasteiger partial charge is 0.274 e. The number of carbonyl (C=O) groups is 1. The summed E-state index contributed by atoms with van der Waals surface area (Å²) < 4.78 is 11.2. The van der Waals surface area contributed by atoms with Gasteiger partial charge in [-0.05, 0) is 6.42 Å². The van der Waals surface area contributed by atoms with Gasteiger partial charge in [-0.2, -0.15) is 0 Å². The Hall–Kier alpha value is -1.53. The van der Waals surface area contributed by atoms with Crippen LogP contribution in [-0.2, 0) is 9.47 Å². The van der Waals surface area contributed by atoms with Crippen LogP contribution in [0.25, 0.3) is 0 Å². The number of methoxy groups -OCH3 is 1. The Morgan fingerprint density at radius 2 is 2.37 bits per heavy atom. The molecule has 2 fully saturated rings. The van der Waals surface area contributed by atoms with E-state index < -0.39 is 0 Å². The molecule has 1 aromatic heterocycles. The number of nitrogens with zero attached hydrogens (tertiary/aromatic N) is 3. The second-order valence-corrected chi connectivity index (χ2v) is 5.13. The topological polar surface area (TPSA) is 64.6 Å². The molecule has 1 amide bonds. The van der Waals surface area contributed by atoms with Gasteiger partial charge in [0.25, 0.3) is 5.91 Å². The Kier molecular flexibility index (Phi) is 3.20. The highest BCUT2D eigenvalue weighted by Gasteiger charge is 2.49. The highest BCUT2D eigenvalue weighted by molar-refractivity contribution is 5.92. The molecule has 2 aliphatic rings. The van der Waals surface area contributed by atoms with Crippen LogP contribution in [0.4, 0.5) is 0 Å². The van der Waals surface area contributed by atoms with Gasteiger partial charge < -0.3 is 14.4 Å². The molecule has 1 spiro atoms. The summed E-state index contributed by atoms with van der Waals surface area (Å²) in [5.74, 6) is -0.0816. The molecule has 0 N–H and O–H groups in total. The second-order valence-electron chi connectivity index (χ2n) is 5.13. The third-order valence-electron chi connectivity index (χ3n) is 3.81. The van der Waals surface area contributed by atoms with E-state index in [9.17, 15) is 4.79 Å². The molecule has 3 rings (SSSR count). The molecule has 0 aromatic carbocycles. The summed E-state index contributed by atoms with van der Waals surface area (Å²) in [6, 6.07) is 0. The molecule has 0 radical (unpaired) electrons. The first-order valence-corrected chi connectivity index (χ1v) is 6.44. The maximum Gasteiger partial charge on any atom is 0.274 e. The van der Waals surface area contributed by atoms with Crippen LogP contribution in [0.3, 0.4) is 0 Å². The van der Waals surface area contributed by atoms with Gasteiger partial charge in [-0.1, -0.05) is 0 Å². The Balaban J connectivity index is 1.62. The zero-order valence-corrected chi connectivity index (χ0v) is 10.9. The fourth-order valence-electron chi connectivity index (χ4n) is 2.77. The molecule has 0 aliphatic carbocycles. The van der Waals surface area contributed by atoms with Crippen LogP contribution in [0.1, 0.15) is 23.3 Å². The number of rotatable bonds is 2. The van der Waals surface area contributed by atoms with Crippen LogP contribution in [0.2, 0.25) is 0 Å². The molecule has 0 saturated carbocycles. The van der Waals surface area contributed by atoms with Gasteiger partial charge in [0.15, 0.2) is 0 Å². The van der Waals surface area contributed by atoms with Gasteiger partial charge in [0.05, 0.1) is 25.4 Å². The molecule has 6 nitrogen and oxygen atoms in total. The number of hydrogen-bond donors (Lipinski definition) is 0. The molecular formula is C13H17N3O3. The minimum absolute atomic E-state index is 0.0816. The molecule has 1 atom stereocenters. The molecule has 0 unspecified atom stereocenters. The molecule has 102 valence electrons. The van der Waals surface area contributed by atoms with Crippen molar-refractivity contribution in [1.29, 1.82) is 0 Å². The van der Waals surface area contributed by atoms with Crippen molar-refractivity contribution in [3.8, 4) is 0 Å². The van der Waals surface area contributed by atoms with Gasteiger partial charge in [0, 0.05) is 32.5 Å². The predicted molar refractivity (Wildman–Crippen MR) is 66.6 cm³/mol. The standard InChI is InChI=1S/C13H17N3O3/c1-18-10-2-5-19-13(6-10)8-16(9-13)12(17)11-7-14-3-4-15-11/h3-4,7,10H,2,5-6,8-9H2,1H3/t10-/m1/s1. The van der Waals surface area contributed by atoms with E-state index in [4.69, 9.17) is 9.47 Å². The lowest BCUT2D eigenvalue weighted by Crippen LogP contribution is -2.67. The minimum atomic E-state index is -0.212. The van der Waals surface area contributed by atoms with Gasteiger partial charge in [0.1, 0.15) is 11.3 Å². The van der Waals surface area contributed by atoms with Crippen LogP contribution < -0.4 is 0 Å². The zero-order chi connectivity index (χ0) is 13.3. The Labute approximate surface area is 111 Å². The van der Waals surface area contributed by atoms with Crippen molar-refractivity contribution in [2.45, 2.75) is 24.5 Å². The van der Waals surface area contributed by atoms with Crippen molar-refractivity contribution in [3.05, 3.63) is 24.3 Å². The highest BCUT2D eigenvalue weighted by Crippen LogP contribution is 2.35. The van der Waals surface area contributed by atoms with Gasteiger partial charge in [-0.15, -0.1) is 0 Å². The number of ether oxygens (including phenoxy) is 2. The molecule has 3 heterocycles. The van der Waals surface area contributed by atoms with Crippen LogP contribution >= 0.6 is 0 Å². The molecule has 2 saturated heterocycles. The molecule has 19 heavy (non-hydrogen) atoms. The normalized spacial score (nSPS) is 25.1. The summed E-state index contributed by atoms with van der Waals surface area (Å²) in [6.45, 7) is 1.93. The average molecular weight is 263 g/mol. The summed E-state index contributed by atoms with van der Waals surface area (Å²) in [5, 5.41) is 0. The largest absolute Gasteiger partial charge is 0.381 e. The van der Waals surface area contributed by atoms with Crippen LogP contribution in [-0.4, -0.2) is 59.3 Å². The first-order chi connectivity index (χ1) is 9.22. The summed E-state index contributed by atoms with van der Waals surface area (Å²) in [5.41, 5.74) is 0.174. The van der Waals surface area contributed by atoms with Crippen molar-refractivity contribution in [2.75, 3.05) is 26.8 Å². The summed E-state index contributed by atoms with van der Waals surface area (Å²) in [6.07, 6.45) is 6.60. The fourth-order valence-corrected chi connectivity index (χ4v) is 2.77. The van der Waals surface area contributed by atoms with E-state index >= 15 is 0 Å². The minimum Gasteiger partial charge on any atom is -0.381 e. The van der Waals surface area contributed by atoms with E-state index in [0.29, 0.717) is 25.4 Å². The summed E-state index contributed by atoms with van der Waals surface area (Å²) >= 11 is 0. The quantitative estimate of drug-likeness (QED) is 0.777. The lowest BCUT2D eigenvalue weighted by molar-refractivity contribution is -0.182. The third-order valence-corrected chi connectivity index (χ3v) is 3.81. The van der Waals surface area contributed by atoms with Crippen LogP contribution in [0.5, 0.6) is 0 Å². The van der Waals surface area contributed by atoms with E-state index in [2.05, 4.69) is 9.97 Å². The Bertz CT molecular complexity index is 459. The maximum atomic E-state index is 12.1. The monoisotopic (exact) mass is 263 g/mol.